The monoisotopic (exact) mass is 276 g/mol. The van der Waals surface area contributed by atoms with E-state index in [0.717, 1.165) is 6.26 Å². The van der Waals surface area contributed by atoms with Gasteiger partial charge in [0.2, 0.25) is 10.0 Å². The zero-order chi connectivity index (χ0) is 13.6. The largest absolute Gasteiger partial charge is 0.478 e. The Morgan fingerprint density at radius 1 is 1.44 bits per heavy atom. The van der Waals surface area contributed by atoms with E-state index in [1.54, 1.807) is 0 Å². The van der Waals surface area contributed by atoms with Crippen LogP contribution in [0.15, 0.2) is 16.7 Å². The van der Waals surface area contributed by atoms with Crippen molar-refractivity contribution in [2.75, 3.05) is 19.3 Å². The summed E-state index contributed by atoms with van der Waals surface area (Å²) in [6.45, 7) is 1.38. The summed E-state index contributed by atoms with van der Waals surface area (Å²) in [5, 5.41) is 11.7. The van der Waals surface area contributed by atoms with Crippen molar-refractivity contribution in [2.24, 2.45) is 0 Å². The van der Waals surface area contributed by atoms with Crippen molar-refractivity contribution in [2.45, 2.75) is 13.0 Å². The molecule has 3 N–H and O–H groups in total. The molecule has 0 saturated carbocycles. The molecule has 102 valence electrons. The molecule has 0 unspecified atom stereocenters. The van der Waals surface area contributed by atoms with Crippen molar-refractivity contribution in [3.63, 3.8) is 0 Å². The van der Waals surface area contributed by atoms with Gasteiger partial charge in [0.1, 0.15) is 12.0 Å². The Kier molecular flexibility index (Phi) is 5.32. The molecule has 1 rings (SSSR count). The van der Waals surface area contributed by atoms with Gasteiger partial charge in [-0.05, 0) is 19.0 Å². The van der Waals surface area contributed by atoms with Gasteiger partial charge in [0.05, 0.1) is 18.4 Å². The average molecular weight is 276 g/mol. The second kappa shape index (κ2) is 6.53. The van der Waals surface area contributed by atoms with Crippen LogP contribution in [0.1, 0.15) is 22.5 Å². The Labute approximate surface area is 105 Å². The maximum Gasteiger partial charge on any atom is 0.338 e. The van der Waals surface area contributed by atoms with Crippen LogP contribution in [-0.4, -0.2) is 38.8 Å². The molecule has 0 aliphatic heterocycles. The van der Waals surface area contributed by atoms with Gasteiger partial charge in [0.25, 0.3) is 0 Å². The molecule has 8 heteroatoms. The van der Waals surface area contributed by atoms with Crippen LogP contribution >= 0.6 is 0 Å². The molecule has 0 bridgehead atoms. The van der Waals surface area contributed by atoms with Crippen LogP contribution < -0.4 is 10.0 Å². The van der Waals surface area contributed by atoms with E-state index >= 15 is 0 Å². The van der Waals surface area contributed by atoms with E-state index in [9.17, 15) is 13.2 Å². The molecule has 0 fully saturated rings. The second-order valence-corrected chi connectivity index (χ2v) is 5.64. The molecule has 18 heavy (non-hydrogen) atoms. The Bertz CT molecular complexity index is 494. The topological polar surface area (TPSA) is 109 Å². The van der Waals surface area contributed by atoms with E-state index in [-0.39, 0.29) is 5.56 Å². The first-order chi connectivity index (χ1) is 8.38. The number of hydrogen-bond acceptors (Lipinski definition) is 5. The van der Waals surface area contributed by atoms with E-state index in [0.29, 0.717) is 31.8 Å². The average Bonchev–Trinajstić information content (AvgIpc) is 2.70. The number of aromatic carboxylic acids is 1. The summed E-state index contributed by atoms with van der Waals surface area (Å²) in [4.78, 5) is 10.6. The third-order valence-corrected chi connectivity index (χ3v) is 2.82. The number of furan rings is 1. The molecule has 0 spiro atoms. The lowest BCUT2D eigenvalue weighted by atomic mass is 10.3. The molecule has 7 nitrogen and oxygen atoms in total. The zero-order valence-corrected chi connectivity index (χ0v) is 10.8. The van der Waals surface area contributed by atoms with E-state index < -0.39 is 16.0 Å². The molecule has 1 aromatic heterocycles. The minimum atomic E-state index is -3.13. The lowest BCUT2D eigenvalue weighted by molar-refractivity contribution is 0.0696. The first kappa shape index (κ1) is 14.7. The van der Waals surface area contributed by atoms with Gasteiger partial charge in [-0.25, -0.2) is 17.9 Å². The van der Waals surface area contributed by atoms with E-state index in [1.165, 1.54) is 12.3 Å². The predicted molar refractivity (Wildman–Crippen MR) is 64.8 cm³/mol. The van der Waals surface area contributed by atoms with Gasteiger partial charge < -0.3 is 14.8 Å². The molecular weight excluding hydrogens is 260 g/mol. The first-order valence-corrected chi connectivity index (χ1v) is 7.23. The Morgan fingerprint density at radius 2 is 2.17 bits per heavy atom. The molecule has 0 aliphatic rings. The molecule has 0 atom stereocenters. The number of carboxylic acids is 1. The zero-order valence-electron chi connectivity index (χ0n) is 9.97. The van der Waals surface area contributed by atoms with Crippen LogP contribution in [0.3, 0.4) is 0 Å². The van der Waals surface area contributed by atoms with Crippen molar-refractivity contribution in [1.29, 1.82) is 0 Å². The Morgan fingerprint density at radius 3 is 2.72 bits per heavy atom. The Balaban J connectivity index is 2.16. The van der Waals surface area contributed by atoms with Gasteiger partial charge in [-0.3, -0.25) is 0 Å². The summed E-state index contributed by atoms with van der Waals surface area (Å²) < 4.78 is 28.9. The number of sulfonamides is 1. The lowest BCUT2D eigenvalue weighted by Crippen LogP contribution is -2.26. The van der Waals surface area contributed by atoms with Gasteiger partial charge in [-0.15, -0.1) is 0 Å². The molecule has 1 aromatic rings. The third-order valence-electron chi connectivity index (χ3n) is 2.09. The maximum absolute atomic E-state index is 10.7. The van der Waals surface area contributed by atoms with Gasteiger partial charge >= 0.3 is 5.97 Å². The Hall–Kier alpha value is -1.38. The van der Waals surface area contributed by atoms with Gasteiger partial charge in [0.15, 0.2) is 0 Å². The van der Waals surface area contributed by atoms with Crippen LogP contribution in [0.4, 0.5) is 0 Å². The van der Waals surface area contributed by atoms with Gasteiger partial charge in [0, 0.05) is 6.54 Å². The van der Waals surface area contributed by atoms with Crippen molar-refractivity contribution in [1.82, 2.24) is 10.0 Å². The SMILES string of the molecule is CS(=O)(=O)NCCCNCc1cc(C(=O)O)co1. The van der Waals surface area contributed by atoms with E-state index in [4.69, 9.17) is 9.52 Å². The fraction of sp³-hybridized carbons (Fsp3) is 0.500. The highest BCUT2D eigenvalue weighted by atomic mass is 32.2. The summed E-state index contributed by atoms with van der Waals surface area (Å²) >= 11 is 0. The molecule has 0 radical (unpaired) electrons. The van der Waals surface area contributed by atoms with E-state index in [2.05, 4.69) is 10.0 Å². The quantitative estimate of drug-likeness (QED) is 0.577. The summed E-state index contributed by atoms with van der Waals surface area (Å²) in [6.07, 6.45) is 2.93. The first-order valence-electron chi connectivity index (χ1n) is 5.34. The van der Waals surface area contributed by atoms with Crippen LogP contribution in [0.2, 0.25) is 0 Å². The summed E-state index contributed by atoms with van der Waals surface area (Å²) in [6, 6.07) is 1.45. The van der Waals surface area contributed by atoms with Crippen LogP contribution in [0.25, 0.3) is 0 Å². The van der Waals surface area contributed by atoms with Crippen molar-refractivity contribution in [3.8, 4) is 0 Å². The van der Waals surface area contributed by atoms with Crippen molar-refractivity contribution in [3.05, 3.63) is 23.7 Å². The summed E-state index contributed by atoms with van der Waals surface area (Å²) in [7, 11) is -3.13. The number of nitrogens with one attached hydrogen (secondary N) is 2. The van der Waals surface area contributed by atoms with Gasteiger partial charge in [-0.1, -0.05) is 0 Å². The normalized spacial score (nSPS) is 11.6. The number of rotatable bonds is 8. The highest BCUT2D eigenvalue weighted by Crippen LogP contribution is 2.07. The highest BCUT2D eigenvalue weighted by Gasteiger charge is 2.07. The van der Waals surface area contributed by atoms with Crippen LogP contribution in [-0.2, 0) is 16.6 Å². The van der Waals surface area contributed by atoms with Gasteiger partial charge in [-0.2, -0.15) is 0 Å². The second-order valence-electron chi connectivity index (χ2n) is 3.80. The minimum Gasteiger partial charge on any atom is -0.478 e. The third kappa shape index (κ3) is 5.80. The lowest BCUT2D eigenvalue weighted by Gasteiger charge is -2.03. The molecule has 0 saturated heterocycles. The highest BCUT2D eigenvalue weighted by molar-refractivity contribution is 7.88. The van der Waals surface area contributed by atoms with E-state index in [1.807, 2.05) is 0 Å². The fourth-order valence-electron chi connectivity index (χ4n) is 1.27. The molecule has 1 heterocycles. The number of carbonyl (C=O) groups is 1. The molecule has 0 amide bonds. The molecule has 0 aromatic carbocycles. The van der Waals surface area contributed by atoms with Crippen LogP contribution in [0, 0.1) is 0 Å². The minimum absolute atomic E-state index is 0.116. The smallest absolute Gasteiger partial charge is 0.338 e. The fourth-order valence-corrected chi connectivity index (χ4v) is 1.78. The van der Waals surface area contributed by atoms with Crippen LogP contribution in [0.5, 0.6) is 0 Å². The molecule has 0 aliphatic carbocycles. The predicted octanol–water partition coefficient (Wildman–Crippen LogP) is 0.00670. The van der Waals surface area contributed by atoms with Crippen molar-refractivity contribution >= 4 is 16.0 Å². The summed E-state index contributed by atoms with van der Waals surface area (Å²) in [5.41, 5.74) is 0.116. The number of carboxylic acid groups (broad SMARTS) is 1. The standard InChI is InChI=1S/C10H16N2O5S/c1-18(15,16)12-4-2-3-11-6-9-5-8(7-17-9)10(13)14/h5,7,11-12H,2-4,6H2,1H3,(H,13,14). The number of hydrogen-bond donors (Lipinski definition) is 3. The molecular formula is C10H16N2O5S. The van der Waals surface area contributed by atoms with Crippen molar-refractivity contribution < 1.29 is 22.7 Å². The summed E-state index contributed by atoms with van der Waals surface area (Å²) in [5.74, 6) is -0.495. The maximum atomic E-state index is 10.7.